The van der Waals surface area contributed by atoms with Crippen LogP contribution in [0.4, 0.5) is 5.69 Å². The molecule has 0 unspecified atom stereocenters. The largest absolute Gasteiger partial charge is 0.497 e. The summed E-state index contributed by atoms with van der Waals surface area (Å²) >= 11 is 0. The first-order valence-corrected chi connectivity index (χ1v) is 7.07. The van der Waals surface area contributed by atoms with Gasteiger partial charge in [-0.25, -0.2) is 0 Å². The summed E-state index contributed by atoms with van der Waals surface area (Å²) in [6.45, 7) is 3.80. The van der Waals surface area contributed by atoms with Gasteiger partial charge in [0.2, 0.25) is 5.91 Å². The van der Waals surface area contributed by atoms with Crippen LogP contribution in [0.3, 0.4) is 0 Å². The second-order valence-electron chi connectivity index (χ2n) is 5.55. The molecule has 0 spiro atoms. The molecule has 0 heterocycles. The van der Waals surface area contributed by atoms with Crippen LogP contribution in [0.15, 0.2) is 48.5 Å². The van der Waals surface area contributed by atoms with Gasteiger partial charge in [0.25, 0.3) is 0 Å². The standard InChI is InChI=1S/C18H21NO3/c1-18(2,13-8-6-5-7-9-13)17(20)19-14-10-15(21-3)12-16(11-14)22-4/h5-12H,1-4H3,(H,19,20). The average molecular weight is 299 g/mol. The Labute approximate surface area is 131 Å². The van der Waals surface area contributed by atoms with E-state index >= 15 is 0 Å². The first-order chi connectivity index (χ1) is 10.5. The number of ether oxygens (including phenoxy) is 2. The predicted molar refractivity (Wildman–Crippen MR) is 87.6 cm³/mol. The second-order valence-corrected chi connectivity index (χ2v) is 5.55. The summed E-state index contributed by atoms with van der Waals surface area (Å²) in [4.78, 5) is 12.6. The zero-order valence-corrected chi connectivity index (χ0v) is 13.3. The highest BCUT2D eigenvalue weighted by Crippen LogP contribution is 2.29. The van der Waals surface area contributed by atoms with E-state index in [0.717, 1.165) is 5.56 Å². The summed E-state index contributed by atoms with van der Waals surface area (Å²) in [6.07, 6.45) is 0. The molecule has 0 aliphatic rings. The number of methoxy groups -OCH3 is 2. The van der Waals surface area contributed by atoms with Crippen LogP contribution in [0, 0.1) is 0 Å². The van der Waals surface area contributed by atoms with Crippen molar-refractivity contribution in [2.75, 3.05) is 19.5 Å². The molecule has 0 aliphatic carbocycles. The molecule has 0 aromatic heterocycles. The van der Waals surface area contributed by atoms with Crippen molar-refractivity contribution in [3.05, 3.63) is 54.1 Å². The van der Waals surface area contributed by atoms with Crippen LogP contribution in [0.2, 0.25) is 0 Å². The summed E-state index contributed by atoms with van der Waals surface area (Å²) in [6, 6.07) is 15.0. The maximum absolute atomic E-state index is 12.6. The van der Waals surface area contributed by atoms with Crippen molar-refractivity contribution in [3.8, 4) is 11.5 Å². The lowest BCUT2D eigenvalue weighted by Gasteiger charge is -2.24. The monoisotopic (exact) mass is 299 g/mol. The van der Waals surface area contributed by atoms with Crippen molar-refractivity contribution < 1.29 is 14.3 Å². The minimum absolute atomic E-state index is 0.0889. The lowest BCUT2D eigenvalue weighted by molar-refractivity contribution is -0.120. The van der Waals surface area contributed by atoms with Crippen molar-refractivity contribution in [2.45, 2.75) is 19.3 Å². The molecule has 0 saturated carbocycles. The Morgan fingerprint density at radius 2 is 1.50 bits per heavy atom. The van der Waals surface area contributed by atoms with Crippen LogP contribution in [0.25, 0.3) is 0 Å². The van der Waals surface area contributed by atoms with Gasteiger partial charge in [-0.05, 0) is 19.4 Å². The summed E-state index contributed by atoms with van der Waals surface area (Å²) in [5, 5.41) is 2.93. The van der Waals surface area contributed by atoms with Gasteiger partial charge in [-0.2, -0.15) is 0 Å². The number of benzene rings is 2. The van der Waals surface area contributed by atoms with E-state index in [1.807, 2.05) is 44.2 Å². The molecule has 4 nitrogen and oxygen atoms in total. The number of rotatable bonds is 5. The Kier molecular flexibility index (Phi) is 4.71. The summed E-state index contributed by atoms with van der Waals surface area (Å²) < 4.78 is 10.4. The van der Waals surface area contributed by atoms with Crippen LogP contribution in [0.1, 0.15) is 19.4 Å². The highest BCUT2D eigenvalue weighted by Gasteiger charge is 2.29. The van der Waals surface area contributed by atoms with E-state index < -0.39 is 5.41 Å². The first kappa shape index (κ1) is 15.9. The van der Waals surface area contributed by atoms with Crippen molar-refractivity contribution in [2.24, 2.45) is 0 Å². The lowest BCUT2D eigenvalue weighted by atomic mass is 9.83. The van der Waals surface area contributed by atoms with Gasteiger partial charge in [0, 0.05) is 23.9 Å². The maximum atomic E-state index is 12.6. The van der Waals surface area contributed by atoms with Gasteiger partial charge >= 0.3 is 0 Å². The van der Waals surface area contributed by atoms with Crippen molar-refractivity contribution >= 4 is 11.6 Å². The van der Waals surface area contributed by atoms with Gasteiger partial charge in [-0.3, -0.25) is 4.79 Å². The molecular weight excluding hydrogens is 278 g/mol. The van der Waals surface area contributed by atoms with Crippen LogP contribution >= 0.6 is 0 Å². The second kappa shape index (κ2) is 6.52. The Morgan fingerprint density at radius 3 is 2.00 bits per heavy atom. The lowest BCUT2D eigenvalue weighted by Crippen LogP contribution is -2.34. The fourth-order valence-electron chi connectivity index (χ4n) is 2.15. The van der Waals surface area contributed by atoms with Gasteiger partial charge < -0.3 is 14.8 Å². The van der Waals surface area contributed by atoms with Gasteiger partial charge in [0.1, 0.15) is 11.5 Å². The summed E-state index contributed by atoms with van der Waals surface area (Å²) in [7, 11) is 3.16. The number of hydrogen-bond donors (Lipinski definition) is 1. The number of anilines is 1. The van der Waals surface area contributed by atoms with Crippen LogP contribution < -0.4 is 14.8 Å². The SMILES string of the molecule is COc1cc(NC(=O)C(C)(C)c2ccccc2)cc(OC)c1. The molecule has 2 aromatic rings. The topological polar surface area (TPSA) is 47.6 Å². The molecule has 116 valence electrons. The Morgan fingerprint density at radius 1 is 0.955 bits per heavy atom. The normalized spacial score (nSPS) is 10.9. The average Bonchev–Trinajstić information content (AvgIpc) is 2.55. The molecule has 0 bridgehead atoms. The van der Waals surface area contributed by atoms with Crippen LogP contribution in [0.5, 0.6) is 11.5 Å². The third-order valence-corrected chi connectivity index (χ3v) is 3.67. The quantitative estimate of drug-likeness (QED) is 0.917. The zero-order valence-electron chi connectivity index (χ0n) is 13.3. The molecule has 0 radical (unpaired) electrons. The summed E-state index contributed by atoms with van der Waals surface area (Å²) in [5.74, 6) is 1.17. The Hall–Kier alpha value is -2.49. The van der Waals surface area contributed by atoms with E-state index in [1.54, 1.807) is 32.4 Å². The highest BCUT2D eigenvalue weighted by molar-refractivity contribution is 5.98. The molecule has 1 N–H and O–H groups in total. The first-order valence-electron chi connectivity index (χ1n) is 7.07. The smallest absolute Gasteiger partial charge is 0.234 e. The van der Waals surface area contributed by atoms with E-state index in [4.69, 9.17) is 9.47 Å². The van der Waals surface area contributed by atoms with E-state index in [1.165, 1.54) is 0 Å². The van der Waals surface area contributed by atoms with Crippen molar-refractivity contribution in [1.82, 2.24) is 0 Å². The molecule has 2 aromatic carbocycles. The number of carbonyl (C=O) groups excluding carboxylic acids is 1. The van der Waals surface area contributed by atoms with E-state index in [9.17, 15) is 4.79 Å². The fraction of sp³-hybridized carbons (Fsp3) is 0.278. The van der Waals surface area contributed by atoms with Crippen molar-refractivity contribution in [3.63, 3.8) is 0 Å². The van der Waals surface area contributed by atoms with Crippen LogP contribution in [-0.4, -0.2) is 20.1 Å². The minimum atomic E-state index is -0.641. The van der Waals surface area contributed by atoms with Gasteiger partial charge in [0.15, 0.2) is 0 Å². The maximum Gasteiger partial charge on any atom is 0.234 e. The third-order valence-electron chi connectivity index (χ3n) is 3.67. The van der Waals surface area contributed by atoms with Gasteiger partial charge in [-0.15, -0.1) is 0 Å². The third kappa shape index (κ3) is 3.39. The Bertz CT molecular complexity index is 628. The van der Waals surface area contributed by atoms with E-state index in [-0.39, 0.29) is 5.91 Å². The molecule has 0 saturated heterocycles. The van der Waals surface area contributed by atoms with Crippen molar-refractivity contribution in [1.29, 1.82) is 0 Å². The van der Waals surface area contributed by atoms with Gasteiger partial charge in [-0.1, -0.05) is 30.3 Å². The minimum Gasteiger partial charge on any atom is -0.497 e. The number of amides is 1. The summed E-state index contributed by atoms with van der Waals surface area (Å²) in [5.41, 5.74) is 0.963. The molecule has 0 aliphatic heterocycles. The molecular formula is C18H21NO3. The van der Waals surface area contributed by atoms with E-state index in [0.29, 0.717) is 17.2 Å². The fourth-order valence-corrected chi connectivity index (χ4v) is 2.15. The number of carbonyl (C=O) groups is 1. The highest BCUT2D eigenvalue weighted by atomic mass is 16.5. The molecule has 1 amide bonds. The molecule has 4 heteroatoms. The molecule has 0 fully saturated rings. The van der Waals surface area contributed by atoms with Crippen LogP contribution in [-0.2, 0) is 10.2 Å². The number of hydrogen-bond acceptors (Lipinski definition) is 3. The van der Waals surface area contributed by atoms with E-state index in [2.05, 4.69) is 5.32 Å². The Balaban J connectivity index is 2.25. The molecule has 22 heavy (non-hydrogen) atoms. The molecule has 0 atom stereocenters. The van der Waals surface area contributed by atoms with Gasteiger partial charge in [0.05, 0.1) is 19.6 Å². The number of nitrogens with one attached hydrogen (secondary N) is 1. The zero-order chi connectivity index (χ0) is 16.2. The predicted octanol–water partition coefficient (Wildman–Crippen LogP) is 3.62. The molecule has 2 rings (SSSR count).